The number of carboxylic acid groups (broad SMARTS) is 2. The molecule has 3 amide bonds. The van der Waals surface area contributed by atoms with E-state index in [0.717, 1.165) is 18.2 Å². The summed E-state index contributed by atoms with van der Waals surface area (Å²) in [5.41, 5.74) is 5.93. The number of aromatic nitrogens is 3. The molecule has 1 aliphatic carbocycles. The number of aryl methyl sites for hydroxylation is 1. The molecule has 0 bridgehead atoms. The molecule has 3 heterocycles. The van der Waals surface area contributed by atoms with Crippen molar-refractivity contribution in [1.82, 2.24) is 19.7 Å². The number of alkyl halides is 3. The third kappa shape index (κ3) is 7.70. The zero-order valence-corrected chi connectivity index (χ0v) is 23.1. The van der Waals surface area contributed by atoms with Crippen molar-refractivity contribution in [3.63, 3.8) is 0 Å². The molecule has 0 unspecified atom stereocenters. The highest BCUT2D eigenvalue weighted by Crippen LogP contribution is 2.48. The zero-order valence-electron chi connectivity index (χ0n) is 23.1. The summed E-state index contributed by atoms with van der Waals surface area (Å²) in [6, 6.07) is 3.42. The first kappa shape index (κ1) is 32.4. The van der Waals surface area contributed by atoms with E-state index < -0.39 is 59.3 Å². The van der Waals surface area contributed by atoms with Crippen molar-refractivity contribution in [3.05, 3.63) is 59.8 Å². The molecule has 0 spiro atoms. The summed E-state index contributed by atoms with van der Waals surface area (Å²) in [5, 5.41) is 22.5. The molecule has 1 aromatic carbocycles. The number of ether oxygens (including phenoxy) is 1. The maximum absolute atomic E-state index is 14.5. The normalized spacial score (nSPS) is 18.6. The molecule has 2 aliphatic rings. The lowest BCUT2D eigenvalue weighted by molar-refractivity contribution is -0.275. The van der Waals surface area contributed by atoms with Gasteiger partial charge in [0.05, 0.1) is 17.4 Å². The van der Waals surface area contributed by atoms with Crippen LogP contribution < -0.4 is 15.8 Å². The second-order valence-electron chi connectivity index (χ2n) is 9.99. The maximum atomic E-state index is 14.5. The first-order valence-corrected chi connectivity index (χ1v) is 13.0. The Hall–Kier alpha value is -5.55. The molecule has 1 aliphatic heterocycles. The minimum absolute atomic E-state index is 0.0234. The van der Waals surface area contributed by atoms with Gasteiger partial charge in [-0.05, 0) is 43.9 Å². The molecule has 238 valence electrons. The van der Waals surface area contributed by atoms with Crippen molar-refractivity contribution in [3.8, 4) is 5.75 Å². The molecule has 5 rings (SSSR count). The van der Waals surface area contributed by atoms with Crippen LogP contribution in [0.5, 0.6) is 5.75 Å². The fraction of sp³-hybridized carbons (Fsp3) is 0.296. The lowest BCUT2D eigenvalue weighted by Crippen LogP contribution is -2.46. The van der Waals surface area contributed by atoms with Crippen molar-refractivity contribution in [2.24, 2.45) is 11.7 Å². The number of rotatable bonds is 8. The Morgan fingerprint density at radius 3 is 2.40 bits per heavy atom. The number of hydrogen-bond acceptors (Lipinski definition) is 8. The Morgan fingerprint density at radius 2 is 1.80 bits per heavy atom. The minimum Gasteiger partial charge on any atom is -0.478 e. The van der Waals surface area contributed by atoms with E-state index in [-0.39, 0.29) is 24.2 Å². The Bertz CT molecular complexity index is 1710. The highest BCUT2D eigenvalue weighted by atomic mass is 19.4. The van der Waals surface area contributed by atoms with E-state index in [9.17, 15) is 41.5 Å². The highest BCUT2D eigenvalue weighted by Gasteiger charge is 2.56. The van der Waals surface area contributed by atoms with Crippen molar-refractivity contribution < 1.29 is 56.5 Å². The van der Waals surface area contributed by atoms with Crippen LogP contribution in [0.25, 0.3) is 10.9 Å². The van der Waals surface area contributed by atoms with E-state index in [1.165, 1.54) is 15.8 Å². The van der Waals surface area contributed by atoms with Crippen LogP contribution >= 0.6 is 0 Å². The summed E-state index contributed by atoms with van der Waals surface area (Å²) in [4.78, 5) is 62.9. The van der Waals surface area contributed by atoms with Crippen molar-refractivity contribution in [2.75, 3.05) is 5.32 Å². The number of carbonyl (C=O) groups excluding carboxylic acids is 3. The summed E-state index contributed by atoms with van der Waals surface area (Å²) in [6.45, 7) is 1.41. The van der Waals surface area contributed by atoms with Gasteiger partial charge >= 0.3 is 18.3 Å². The fourth-order valence-corrected chi connectivity index (χ4v) is 4.91. The van der Waals surface area contributed by atoms with E-state index in [0.29, 0.717) is 41.6 Å². The van der Waals surface area contributed by atoms with Crippen LogP contribution in [-0.2, 0) is 25.7 Å². The van der Waals surface area contributed by atoms with Gasteiger partial charge in [-0.2, -0.15) is 5.10 Å². The van der Waals surface area contributed by atoms with Gasteiger partial charge in [0, 0.05) is 29.3 Å². The third-order valence-corrected chi connectivity index (χ3v) is 6.80. The summed E-state index contributed by atoms with van der Waals surface area (Å²) in [7, 11) is 0. The van der Waals surface area contributed by atoms with Gasteiger partial charge in [-0.25, -0.2) is 14.0 Å². The molecular formula is C27H24F4N6O8. The highest BCUT2D eigenvalue weighted by molar-refractivity contribution is 6.04. The molecule has 2 fully saturated rings. The second kappa shape index (κ2) is 12.6. The maximum Gasteiger partial charge on any atom is 0.573 e. The van der Waals surface area contributed by atoms with Crippen molar-refractivity contribution in [1.29, 1.82) is 0 Å². The number of aliphatic carboxylic acids is 2. The number of pyridine rings is 1. The molecule has 1 saturated heterocycles. The van der Waals surface area contributed by atoms with Crippen LogP contribution in [0, 0.1) is 18.7 Å². The second-order valence-corrected chi connectivity index (χ2v) is 9.99. The van der Waals surface area contributed by atoms with Crippen LogP contribution in [0.15, 0.2) is 42.6 Å². The standard InChI is InChI=1S/C23H20F4N6O4.C4H4O4/c1-10-5-12-16(8-29-10)32(31-20(12)21(28)35)9-18(34)33-14-6-11(14)7-15(33)22(36)30-13-3-2-4-17(19(13)24)37-23(25,26)27;5-3(6)1-2-4(7)8/h2-5,8,11,14-15H,6-7,9H2,1H3,(H2,28,35)(H,30,36);1-2H,(H,5,6)(H,7,8)/t11-,14-,15+;/m1./s1. The average Bonchev–Trinajstić information content (AvgIpc) is 3.45. The number of hydrogen-bond donors (Lipinski definition) is 4. The van der Waals surface area contributed by atoms with E-state index in [1.54, 1.807) is 13.0 Å². The fourth-order valence-electron chi connectivity index (χ4n) is 4.91. The monoisotopic (exact) mass is 636 g/mol. The number of carboxylic acids is 2. The Labute approximate surface area is 250 Å². The number of benzene rings is 1. The van der Waals surface area contributed by atoms with Gasteiger partial charge in [0.2, 0.25) is 11.8 Å². The van der Waals surface area contributed by atoms with Crippen LogP contribution in [0.4, 0.5) is 23.2 Å². The van der Waals surface area contributed by atoms with Crippen molar-refractivity contribution in [2.45, 2.75) is 44.8 Å². The van der Waals surface area contributed by atoms with Crippen LogP contribution in [0.1, 0.15) is 29.0 Å². The molecule has 5 N–H and O–H groups in total. The lowest BCUT2D eigenvalue weighted by atomic mass is 10.1. The summed E-state index contributed by atoms with van der Waals surface area (Å²) < 4.78 is 57.1. The molecule has 1 saturated carbocycles. The van der Waals surface area contributed by atoms with Crippen molar-refractivity contribution >= 4 is 46.3 Å². The molecule has 3 atom stereocenters. The number of amides is 3. The van der Waals surface area contributed by atoms with E-state index in [2.05, 4.69) is 20.1 Å². The smallest absolute Gasteiger partial charge is 0.478 e. The van der Waals surface area contributed by atoms with Gasteiger partial charge in [0.15, 0.2) is 17.3 Å². The predicted octanol–water partition coefficient (Wildman–Crippen LogP) is 2.22. The third-order valence-electron chi connectivity index (χ3n) is 6.80. The zero-order chi connectivity index (χ0) is 33.2. The number of anilines is 1. The molecule has 0 radical (unpaired) electrons. The number of nitrogens with two attached hydrogens (primary N) is 1. The number of fused-ring (bicyclic) bond motifs is 2. The summed E-state index contributed by atoms with van der Waals surface area (Å²) >= 11 is 0. The largest absolute Gasteiger partial charge is 0.573 e. The summed E-state index contributed by atoms with van der Waals surface area (Å²) in [5.74, 6) is -6.92. The molecule has 14 nitrogen and oxygen atoms in total. The van der Waals surface area contributed by atoms with Crippen LogP contribution in [0.2, 0.25) is 0 Å². The van der Waals surface area contributed by atoms with Gasteiger partial charge < -0.3 is 30.9 Å². The van der Waals surface area contributed by atoms with Gasteiger partial charge in [0.25, 0.3) is 5.91 Å². The van der Waals surface area contributed by atoms with E-state index in [1.807, 2.05) is 0 Å². The van der Waals surface area contributed by atoms with Gasteiger partial charge in [0.1, 0.15) is 12.6 Å². The SMILES string of the molecule is Cc1cc2c(C(N)=O)nn(CC(=O)N3[C@@H]4C[C@@H]4C[C@H]3C(=O)Nc3cccc(OC(F)(F)F)c3F)c2cn1.O=C(O)C=CC(=O)O. The van der Waals surface area contributed by atoms with Gasteiger partial charge in [-0.3, -0.25) is 24.0 Å². The number of piperidine rings is 1. The lowest BCUT2D eigenvalue weighted by Gasteiger charge is -2.27. The topological polar surface area (TPSA) is 207 Å². The minimum atomic E-state index is -5.11. The average molecular weight is 637 g/mol. The molecule has 18 heteroatoms. The number of halogens is 4. The Morgan fingerprint density at radius 1 is 1.13 bits per heavy atom. The van der Waals surface area contributed by atoms with E-state index >= 15 is 0 Å². The molecule has 45 heavy (non-hydrogen) atoms. The Kier molecular flexibility index (Phi) is 9.05. The number of nitrogens with one attached hydrogen (secondary N) is 1. The number of nitrogens with zero attached hydrogens (tertiary/aromatic N) is 4. The molecular weight excluding hydrogens is 612 g/mol. The molecule has 3 aromatic rings. The van der Waals surface area contributed by atoms with Gasteiger partial charge in [-0.15, -0.1) is 13.2 Å². The quantitative estimate of drug-likeness (QED) is 0.209. The first-order valence-electron chi connectivity index (χ1n) is 13.0. The van der Waals surface area contributed by atoms with Gasteiger partial charge in [-0.1, -0.05) is 6.07 Å². The first-order chi connectivity index (χ1) is 21.1. The number of likely N-dealkylation sites (tertiary alicyclic amines) is 1. The molecule has 2 aromatic heterocycles. The van der Waals surface area contributed by atoms with Crippen LogP contribution in [-0.4, -0.2) is 78.0 Å². The van der Waals surface area contributed by atoms with Crippen LogP contribution in [0.3, 0.4) is 0 Å². The van der Waals surface area contributed by atoms with E-state index in [4.69, 9.17) is 15.9 Å². The number of carbonyl (C=O) groups is 5. The summed E-state index contributed by atoms with van der Waals surface area (Å²) in [6.07, 6.45) is -1.53. The Balaban J connectivity index is 0.000000510. The number of primary amides is 1. The predicted molar refractivity (Wildman–Crippen MR) is 144 cm³/mol.